The Labute approximate surface area is 214 Å². The van der Waals surface area contributed by atoms with Gasteiger partial charge in [-0.3, -0.25) is 0 Å². The van der Waals surface area contributed by atoms with Gasteiger partial charge in [-0.05, 0) is 16.7 Å². The zero-order valence-corrected chi connectivity index (χ0v) is 19.8. The van der Waals surface area contributed by atoms with Crippen molar-refractivity contribution < 1.29 is 0 Å². The molecule has 0 aliphatic carbocycles. The lowest BCUT2D eigenvalue weighted by Crippen LogP contribution is -2.04. The lowest BCUT2D eigenvalue weighted by Gasteiger charge is -2.22. The zero-order chi connectivity index (χ0) is 25.2. The van der Waals surface area contributed by atoms with E-state index in [0.717, 1.165) is 44.6 Å². The van der Waals surface area contributed by atoms with Crippen LogP contribution in [-0.4, -0.2) is 9.61 Å². The second-order valence-corrected chi connectivity index (χ2v) is 8.65. The maximum atomic E-state index is 10.3. The summed E-state index contributed by atoms with van der Waals surface area (Å²) in [7, 11) is 0. The number of hydrogen-bond acceptors (Lipinski definition) is 3. The van der Waals surface area contributed by atoms with Gasteiger partial charge in [-0.2, -0.15) is 15.6 Å². The third-order valence-corrected chi connectivity index (χ3v) is 6.52. The van der Waals surface area contributed by atoms with E-state index in [0.29, 0.717) is 5.52 Å². The van der Waals surface area contributed by atoms with Crippen LogP contribution >= 0.6 is 0 Å². The van der Waals surface area contributed by atoms with Crippen LogP contribution in [0.4, 0.5) is 0 Å². The van der Waals surface area contributed by atoms with E-state index < -0.39 is 0 Å². The topological polar surface area (TPSA) is 64.9 Å². The minimum absolute atomic E-state index is 0.112. The van der Waals surface area contributed by atoms with Gasteiger partial charge < -0.3 is 0 Å². The van der Waals surface area contributed by atoms with Gasteiger partial charge in [0.15, 0.2) is 5.69 Å². The molecule has 2 aromatic heterocycles. The van der Waals surface area contributed by atoms with Gasteiger partial charge in [0, 0.05) is 22.3 Å². The number of pyridine rings is 1. The van der Waals surface area contributed by atoms with Crippen molar-refractivity contribution in [2.24, 2.45) is 0 Å². The minimum Gasteiger partial charge on any atom is -0.229 e. The molecule has 0 bridgehead atoms. The van der Waals surface area contributed by atoms with Crippen LogP contribution in [0, 0.1) is 22.7 Å². The summed E-state index contributed by atoms with van der Waals surface area (Å²) in [5.41, 5.74) is 8.62. The molecule has 4 nitrogen and oxygen atoms in total. The molecule has 0 saturated heterocycles. The van der Waals surface area contributed by atoms with E-state index in [4.69, 9.17) is 5.10 Å². The molecule has 6 rings (SSSR count). The third kappa shape index (κ3) is 3.65. The van der Waals surface area contributed by atoms with E-state index >= 15 is 0 Å². The SMILES string of the molecule is N#Cc1nn2c(-c3ccccc3)c(-c3ccccc3)c(-c3ccccc3)c(-c3ccccc3)c2c1C#N. The number of aromatic nitrogens is 2. The molecular formula is C33H20N4. The van der Waals surface area contributed by atoms with Crippen molar-refractivity contribution >= 4 is 5.52 Å². The first-order valence-electron chi connectivity index (χ1n) is 12.0. The van der Waals surface area contributed by atoms with Crippen LogP contribution in [0.2, 0.25) is 0 Å². The summed E-state index contributed by atoms with van der Waals surface area (Å²) in [5.74, 6) is 0. The Balaban J connectivity index is 1.96. The van der Waals surface area contributed by atoms with Gasteiger partial charge in [0.05, 0.1) is 11.2 Å². The Morgan fingerprint density at radius 1 is 0.486 bits per heavy atom. The summed E-state index contributed by atoms with van der Waals surface area (Å²) in [6.45, 7) is 0. The minimum atomic E-state index is 0.112. The average molecular weight is 473 g/mol. The second-order valence-electron chi connectivity index (χ2n) is 8.65. The third-order valence-electron chi connectivity index (χ3n) is 6.52. The molecule has 0 aliphatic rings. The highest BCUT2D eigenvalue weighted by atomic mass is 15.2. The number of benzene rings is 4. The number of nitrogens with zero attached hydrogens (tertiary/aromatic N) is 4. The lowest BCUT2D eigenvalue weighted by atomic mass is 9.84. The van der Waals surface area contributed by atoms with Crippen molar-refractivity contribution in [3.63, 3.8) is 0 Å². The van der Waals surface area contributed by atoms with Crippen molar-refractivity contribution in [3.8, 4) is 56.8 Å². The normalized spacial score (nSPS) is 10.6. The number of rotatable bonds is 4. The molecule has 0 aliphatic heterocycles. The van der Waals surface area contributed by atoms with Crippen molar-refractivity contribution in [2.45, 2.75) is 0 Å². The zero-order valence-electron chi connectivity index (χ0n) is 19.8. The molecule has 172 valence electrons. The molecule has 0 radical (unpaired) electrons. The summed E-state index contributed by atoms with van der Waals surface area (Å²) in [4.78, 5) is 0. The van der Waals surface area contributed by atoms with Gasteiger partial charge >= 0.3 is 0 Å². The van der Waals surface area contributed by atoms with E-state index in [1.807, 2.05) is 97.1 Å². The van der Waals surface area contributed by atoms with Crippen LogP contribution in [0.15, 0.2) is 121 Å². The number of hydrogen-bond donors (Lipinski definition) is 0. The fourth-order valence-electron chi connectivity index (χ4n) is 4.99. The summed E-state index contributed by atoms with van der Waals surface area (Å²) in [6, 6.07) is 45.0. The van der Waals surface area contributed by atoms with Gasteiger partial charge in [0.1, 0.15) is 17.7 Å². The molecule has 0 unspecified atom stereocenters. The van der Waals surface area contributed by atoms with E-state index in [1.54, 1.807) is 4.52 Å². The standard InChI is InChI=1S/C33H20N4/c34-21-27-28(22-35)36-37-32(26-19-11-4-12-20-26)30(24-15-7-2-8-16-24)29(23-13-5-1-6-14-23)31(33(27)37)25-17-9-3-10-18-25/h1-20H. The molecule has 6 aromatic rings. The summed E-state index contributed by atoms with van der Waals surface area (Å²) in [6.07, 6.45) is 0. The van der Waals surface area contributed by atoms with Crippen LogP contribution in [0.3, 0.4) is 0 Å². The Kier molecular flexibility index (Phi) is 5.54. The highest BCUT2D eigenvalue weighted by Crippen LogP contribution is 2.48. The van der Waals surface area contributed by atoms with Crippen LogP contribution in [-0.2, 0) is 0 Å². The Hall–Kier alpha value is -5.45. The molecular weight excluding hydrogens is 452 g/mol. The number of fused-ring (bicyclic) bond motifs is 1. The molecule has 0 saturated carbocycles. The molecule has 2 heterocycles. The summed E-state index contributed by atoms with van der Waals surface area (Å²) in [5, 5.41) is 25.0. The largest absolute Gasteiger partial charge is 0.229 e. The molecule has 0 N–H and O–H groups in total. The van der Waals surface area contributed by atoms with Crippen molar-refractivity contribution in [1.82, 2.24) is 9.61 Å². The maximum absolute atomic E-state index is 10.3. The van der Waals surface area contributed by atoms with E-state index in [-0.39, 0.29) is 11.3 Å². The van der Waals surface area contributed by atoms with Crippen molar-refractivity contribution in [3.05, 3.63) is 133 Å². The first-order chi connectivity index (χ1) is 18.3. The van der Waals surface area contributed by atoms with Crippen molar-refractivity contribution in [2.75, 3.05) is 0 Å². The van der Waals surface area contributed by atoms with E-state index in [2.05, 4.69) is 36.4 Å². The first kappa shape index (κ1) is 22.0. The fraction of sp³-hybridized carbons (Fsp3) is 0. The number of nitriles is 2. The summed E-state index contributed by atoms with van der Waals surface area (Å²) >= 11 is 0. The Morgan fingerprint density at radius 2 is 0.919 bits per heavy atom. The molecule has 37 heavy (non-hydrogen) atoms. The molecule has 0 spiro atoms. The molecule has 4 aromatic carbocycles. The van der Waals surface area contributed by atoms with E-state index in [9.17, 15) is 10.5 Å². The van der Waals surface area contributed by atoms with Gasteiger partial charge in [-0.15, -0.1) is 0 Å². The predicted molar refractivity (Wildman–Crippen MR) is 146 cm³/mol. The van der Waals surface area contributed by atoms with Crippen LogP contribution in [0.25, 0.3) is 50.2 Å². The highest BCUT2D eigenvalue weighted by Gasteiger charge is 2.28. The van der Waals surface area contributed by atoms with E-state index in [1.165, 1.54) is 0 Å². The quantitative estimate of drug-likeness (QED) is 0.263. The Bertz CT molecular complexity index is 1810. The van der Waals surface area contributed by atoms with Gasteiger partial charge in [0.2, 0.25) is 0 Å². The lowest BCUT2D eigenvalue weighted by molar-refractivity contribution is 0.960. The molecule has 4 heteroatoms. The highest BCUT2D eigenvalue weighted by molar-refractivity contribution is 6.07. The maximum Gasteiger partial charge on any atom is 0.181 e. The van der Waals surface area contributed by atoms with Crippen LogP contribution < -0.4 is 0 Å². The first-order valence-corrected chi connectivity index (χ1v) is 12.0. The van der Waals surface area contributed by atoms with Gasteiger partial charge in [-0.1, -0.05) is 121 Å². The summed E-state index contributed by atoms with van der Waals surface area (Å²) < 4.78 is 1.80. The molecule has 0 atom stereocenters. The fourth-order valence-corrected chi connectivity index (χ4v) is 4.99. The second kappa shape index (κ2) is 9.30. The average Bonchev–Trinajstić information content (AvgIpc) is 3.36. The molecule has 0 amide bonds. The Morgan fingerprint density at radius 3 is 1.38 bits per heavy atom. The predicted octanol–water partition coefficient (Wildman–Crippen LogP) is 7.75. The van der Waals surface area contributed by atoms with Gasteiger partial charge in [-0.25, -0.2) is 4.52 Å². The van der Waals surface area contributed by atoms with Crippen molar-refractivity contribution in [1.29, 1.82) is 10.5 Å². The van der Waals surface area contributed by atoms with Crippen LogP contribution in [0.5, 0.6) is 0 Å². The smallest absolute Gasteiger partial charge is 0.181 e. The van der Waals surface area contributed by atoms with Crippen LogP contribution in [0.1, 0.15) is 11.3 Å². The monoisotopic (exact) mass is 472 g/mol. The molecule has 0 fully saturated rings. The van der Waals surface area contributed by atoms with Gasteiger partial charge in [0.25, 0.3) is 0 Å².